The lowest BCUT2D eigenvalue weighted by Gasteiger charge is -2.22. The minimum absolute atomic E-state index is 0.0196. The average molecular weight is 412 g/mol. The van der Waals surface area contributed by atoms with E-state index in [0.29, 0.717) is 30.8 Å². The molecule has 2 atom stereocenters. The summed E-state index contributed by atoms with van der Waals surface area (Å²) in [5, 5.41) is 19.5. The number of carbonyl (C=O) groups is 2. The first-order valence-corrected chi connectivity index (χ1v) is 10.7. The normalized spacial score (nSPS) is 18.4. The molecule has 1 saturated heterocycles. The zero-order valence-corrected chi connectivity index (χ0v) is 16.8. The highest BCUT2D eigenvalue weighted by Gasteiger charge is 2.28. The van der Waals surface area contributed by atoms with E-state index in [1.807, 2.05) is 29.2 Å². The van der Waals surface area contributed by atoms with E-state index in [9.17, 15) is 14.7 Å². The molecule has 0 bridgehead atoms. The van der Waals surface area contributed by atoms with Crippen LogP contribution in [0.4, 0.5) is 0 Å². The SMILES string of the molecule is O=C(O)CCCSCCN1C(=O)CC[C@@H]1C=C[C@@H](O)Cc1cccc(Cl)c1. The Kier molecular flexibility index (Phi) is 9.18. The summed E-state index contributed by atoms with van der Waals surface area (Å²) in [7, 11) is 0. The second kappa shape index (κ2) is 11.4. The monoisotopic (exact) mass is 411 g/mol. The molecule has 0 aromatic heterocycles. The molecule has 1 aliphatic rings. The fourth-order valence-electron chi connectivity index (χ4n) is 3.07. The van der Waals surface area contributed by atoms with Crippen LogP contribution in [0, 0.1) is 0 Å². The molecule has 1 fully saturated rings. The van der Waals surface area contributed by atoms with Gasteiger partial charge in [0, 0.05) is 36.6 Å². The van der Waals surface area contributed by atoms with Crippen molar-refractivity contribution < 1.29 is 19.8 Å². The van der Waals surface area contributed by atoms with Crippen LogP contribution in [0.25, 0.3) is 0 Å². The van der Waals surface area contributed by atoms with Gasteiger partial charge in [-0.1, -0.05) is 35.9 Å². The highest BCUT2D eigenvalue weighted by Crippen LogP contribution is 2.21. The summed E-state index contributed by atoms with van der Waals surface area (Å²) in [6.45, 7) is 0.649. The van der Waals surface area contributed by atoms with Gasteiger partial charge in [-0.25, -0.2) is 0 Å². The Labute approximate surface area is 169 Å². The molecule has 27 heavy (non-hydrogen) atoms. The zero-order chi connectivity index (χ0) is 19.6. The number of rotatable bonds is 11. The van der Waals surface area contributed by atoms with Gasteiger partial charge in [-0.05, 0) is 36.3 Å². The first-order chi connectivity index (χ1) is 13.0. The van der Waals surface area contributed by atoms with Crippen LogP contribution in [0.15, 0.2) is 36.4 Å². The van der Waals surface area contributed by atoms with E-state index in [4.69, 9.17) is 16.7 Å². The second-order valence-corrected chi connectivity index (χ2v) is 8.25. The maximum absolute atomic E-state index is 12.1. The van der Waals surface area contributed by atoms with E-state index < -0.39 is 12.1 Å². The number of benzene rings is 1. The van der Waals surface area contributed by atoms with Gasteiger partial charge in [0.05, 0.1) is 12.1 Å². The van der Waals surface area contributed by atoms with Crippen LogP contribution < -0.4 is 0 Å². The predicted molar refractivity (Wildman–Crippen MR) is 109 cm³/mol. The lowest BCUT2D eigenvalue weighted by molar-refractivity contribution is -0.137. The zero-order valence-electron chi connectivity index (χ0n) is 15.2. The van der Waals surface area contributed by atoms with Crippen molar-refractivity contribution in [3.8, 4) is 0 Å². The molecule has 1 aromatic carbocycles. The molecule has 1 aromatic rings. The van der Waals surface area contributed by atoms with Crippen molar-refractivity contribution in [3.63, 3.8) is 0 Å². The van der Waals surface area contributed by atoms with Crippen LogP contribution in [0.1, 0.15) is 31.2 Å². The van der Waals surface area contributed by atoms with E-state index in [1.54, 1.807) is 23.9 Å². The number of aliphatic hydroxyl groups excluding tert-OH is 1. The number of hydrogen-bond acceptors (Lipinski definition) is 4. The van der Waals surface area contributed by atoms with E-state index in [0.717, 1.165) is 23.5 Å². The molecule has 5 nitrogen and oxygen atoms in total. The average Bonchev–Trinajstić information content (AvgIpc) is 2.96. The van der Waals surface area contributed by atoms with Crippen molar-refractivity contribution in [2.75, 3.05) is 18.1 Å². The number of amides is 1. The van der Waals surface area contributed by atoms with Crippen LogP contribution in [-0.2, 0) is 16.0 Å². The molecule has 1 aliphatic heterocycles. The van der Waals surface area contributed by atoms with Crippen LogP contribution in [0.3, 0.4) is 0 Å². The fraction of sp³-hybridized carbons (Fsp3) is 0.500. The Balaban J connectivity index is 1.77. The molecule has 148 valence electrons. The number of thioether (sulfide) groups is 1. The van der Waals surface area contributed by atoms with Gasteiger partial charge in [0.1, 0.15) is 0 Å². The summed E-state index contributed by atoms with van der Waals surface area (Å²) >= 11 is 7.64. The van der Waals surface area contributed by atoms with Crippen molar-refractivity contribution in [2.24, 2.45) is 0 Å². The molecule has 0 radical (unpaired) electrons. The second-order valence-electron chi connectivity index (χ2n) is 6.59. The highest BCUT2D eigenvalue weighted by atomic mass is 35.5. The summed E-state index contributed by atoms with van der Waals surface area (Å²) in [5.41, 5.74) is 0.969. The first kappa shape index (κ1) is 21.8. The maximum atomic E-state index is 12.1. The molecular weight excluding hydrogens is 386 g/mol. The standard InChI is InChI=1S/C20H26ClNO4S/c21-16-4-1-3-15(13-16)14-18(23)8-6-17-7-9-19(24)22(17)10-12-27-11-2-5-20(25)26/h1,3-4,6,8,13,17-18,23H,2,5,7,9-12,14H2,(H,25,26)/t17-,18+/m0/s1. The summed E-state index contributed by atoms with van der Waals surface area (Å²) < 4.78 is 0. The van der Waals surface area contributed by atoms with Gasteiger partial charge in [-0.15, -0.1) is 0 Å². The Bertz CT molecular complexity index is 667. The number of carboxylic acids is 1. The van der Waals surface area contributed by atoms with Crippen molar-refractivity contribution >= 4 is 35.2 Å². The number of likely N-dealkylation sites (tertiary alicyclic amines) is 1. The highest BCUT2D eigenvalue weighted by molar-refractivity contribution is 7.99. The Morgan fingerprint density at radius 1 is 1.41 bits per heavy atom. The third-order valence-electron chi connectivity index (χ3n) is 4.42. The third kappa shape index (κ3) is 7.95. The van der Waals surface area contributed by atoms with Crippen LogP contribution in [-0.4, -0.2) is 57.2 Å². The van der Waals surface area contributed by atoms with E-state index in [-0.39, 0.29) is 18.4 Å². The summed E-state index contributed by atoms with van der Waals surface area (Å²) in [4.78, 5) is 24.4. The summed E-state index contributed by atoms with van der Waals surface area (Å²) in [6, 6.07) is 7.45. The topological polar surface area (TPSA) is 77.8 Å². The number of halogens is 1. The molecule has 2 N–H and O–H groups in total. The van der Waals surface area contributed by atoms with Crippen molar-refractivity contribution in [1.29, 1.82) is 0 Å². The Hall–Kier alpha value is -1.50. The predicted octanol–water partition coefficient (Wildman–Crippen LogP) is 3.39. The van der Waals surface area contributed by atoms with Crippen molar-refractivity contribution in [2.45, 2.75) is 44.2 Å². The van der Waals surface area contributed by atoms with E-state index in [2.05, 4.69) is 0 Å². The van der Waals surface area contributed by atoms with Gasteiger partial charge < -0.3 is 15.1 Å². The first-order valence-electron chi connectivity index (χ1n) is 9.15. The summed E-state index contributed by atoms with van der Waals surface area (Å²) in [6.07, 6.45) is 5.68. The number of aliphatic carboxylic acids is 1. The largest absolute Gasteiger partial charge is 0.481 e. The minimum atomic E-state index is -0.771. The lowest BCUT2D eigenvalue weighted by Crippen LogP contribution is -2.34. The van der Waals surface area contributed by atoms with Crippen LogP contribution in [0.2, 0.25) is 5.02 Å². The smallest absolute Gasteiger partial charge is 0.303 e. The quantitative estimate of drug-likeness (QED) is 0.431. The molecule has 0 spiro atoms. The lowest BCUT2D eigenvalue weighted by atomic mass is 10.1. The third-order valence-corrected chi connectivity index (χ3v) is 5.70. The van der Waals surface area contributed by atoms with E-state index in [1.165, 1.54) is 0 Å². The van der Waals surface area contributed by atoms with Gasteiger partial charge in [-0.3, -0.25) is 9.59 Å². The molecule has 1 amide bonds. The Morgan fingerprint density at radius 3 is 2.96 bits per heavy atom. The minimum Gasteiger partial charge on any atom is -0.481 e. The molecule has 1 heterocycles. The maximum Gasteiger partial charge on any atom is 0.303 e. The number of aliphatic hydroxyl groups is 1. The number of carboxylic acid groups (broad SMARTS) is 1. The molecular formula is C20H26ClNO4S. The van der Waals surface area contributed by atoms with Gasteiger partial charge >= 0.3 is 5.97 Å². The fourth-order valence-corrected chi connectivity index (χ4v) is 4.16. The summed E-state index contributed by atoms with van der Waals surface area (Å²) in [5.74, 6) is 0.945. The number of carbonyl (C=O) groups excluding carboxylic acids is 1. The van der Waals surface area contributed by atoms with E-state index >= 15 is 0 Å². The number of nitrogens with zero attached hydrogens (tertiary/aromatic N) is 1. The molecule has 2 rings (SSSR count). The molecule has 0 aliphatic carbocycles. The van der Waals surface area contributed by atoms with Crippen LogP contribution >= 0.6 is 23.4 Å². The van der Waals surface area contributed by atoms with Gasteiger partial charge in [0.2, 0.25) is 5.91 Å². The van der Waals surface area contributed by atoms with Crippen molar-refractivity contribution in [1.82, 2.24) is 4.90 Å². The number of hydrogen-bond donors (Lipinski definition) is 2. The molecule has 0 unspecified atom stereocenters. The van der Waals surface area contributed by atoms with Gasteiger partial charge in [0.25, 0.3) is 0 Å². The Morgan fingerprint density at radius 2 is 2.22 bits per heavy atom. The van der Waals surface area contributed by atoms with Crippen molar-refractivity contribution in [3.05, 3.63) is 47.0 Å². The van der Waals surface area contributed by atoms with Gasteiger partial charge in [-0.2, -0.15) is 11.8 Å². The van der Waals surface area contributed by atoms with Gasteiger partial charge in [0.15, 0.2) is 0 Å². The molecule has 7 heteroatoms. The van der Waals surface area contributed by atoms with Crippen LogP contribution in [0.5, 0.6) is 0 Å². The molecule has 0 saturated carbocycles.